The summed E-state index contributed by atoms with van der Waals surface area (Å²) in [6.07, 6.45) is 3.03. The molecule has 0 bridgehead atoms. The summed E-state index contributed by atoms with van der Waals surface area (Å²) in [5, 5.41) is 0.502. The van der Waals surface area contributed by atoms with Crippen LogP contribution in [0.2, 0.25) is 5.15 Å². The van der Waals surface area contributed by atoms with Crippen molar-refractivity contribution < 1.29 is 4.74 Å². The Bertz CT molecular complexity index is 293. The lowest BCUT2D eigenvalue weighted by atomic mass is 10.3. The fraction of sp³-hybridized carbons (Fsp3) is 0.500. The third-order valence-corrected chi connectivity index (χ3v) is 2.41. The molecule has 1 aromatic rings. The van der Waals surface area contributed by atoms with Gasteiger partial charge >= 0.3 is 0 Å². The highest BCUT2D eigenvalue weighted by atomic mass is 35.5. The van der Waals surface area contributed by atoms with Crippen molar-refractivity contribution in [2.24, 2.45) is 0 Å². The zero-order valence-corrected chi connectivity index (χ0v) is 9.99. The van der Waals surface area contributed by atoms with Crippen LogP contribution < -0.4 is 4.74 Å². The van der Waals surface area contributed by atoms with Crippen molar-refractivity contribution in [2.75, 3.05) is 12.9 Å². The summed E-state index contributed by atoms with van der Waals surface area (Å²) in [5.74, 6) is 1.56. The standard InChI is InChI=1S/C10H14ClNOS/c1-3-4-13-10-6-8(7-14-2)5-9(11)12-10/h5-6H,3-4,7H2,1-2H3. The van der Waals surface area contributed by atoms with Crippen molar-refractivity contribution in [2.45, 2.75) is 19.1 Å². The van der Waals surface area contributed by atoms with E-state index < -0.39 is 0 Å². The van der Waals surface area contributed by atoms with E-state index in [1.165, 1.54) is 0 Å². The predicted octanol–water partition coefficient (Wildman–Crippen LogP) is 3.39. The molecule has 1 heterocycles. The van der Waals surface area contributed by atoms with Crippen LogP contribution in [-0.4, -0.2) is 17.8 Å². The van der Waals surface area contributed by atoms with E-state index in [2.05, 4.69) is 18.2 Å². The Kier molecular flexibility index (Phi) is 5.12. The van der Waals surface area contributed by atoms with Crippen molar-refractivity contribution in [3.63, 3.8) is 0 Å². The zero-order valence-electron chi connectivity index (χ0n) is 8.42. The molecule has 0 fully saturated rings. The molecule has 2 nitrogen and oxygen atoms in total. The molecule has 1 rings (SSSR count). The van der Waals surface area contributed by atoms with Gasteiger partial charge in [0.2, 0.25) is 5.88 Å². The van der Waals surface area contributed by atoms with Gasteiger partial charge in [0.15, 0.2) is 0 Å². The molecule has 0 saturated carbocycles. The van der Waals surface area contributed by atoms with Gasteiger partial charge in [0.25, 0.3) is 0 Å². The van der Waals surface area contributed by atoms with Crippen LogP contribution in [0.3, 0.4) is 0 Å². The van der Waals surface area contributed by atoms with Gasteiger partial charge in [0, 0.05) is 11.8 Å². The van der Waals surface area contributed by atoms with Crippen LogP contribution in [0.15, 0.2) is 12.1 Å². The second kappa shape index (κ2) is 6.14. The van der Waals surface area contributed by atoms with Crippen molar-refractivity contribution in [1.82, 2.24) is 4.98 Å². The van der Waals surface area contributed by atoms with Gasteiger partial charge < -0.3 is 4.74 Å². The van der Waals surface area contributed by atoms with E-state index in [-0.39, 0.29) is 0 Å². The lowest BCUT2D eigenvalue weighted by molar-refractivity contribution is 0.305. The minimum Gasteiger partial charge on any atom is -0.478 e. The van der Waals surface area contributed by atoms with Crippen molar-refractivity contribution in [3.8, 4) is 5.88 Å². The summed E-state index contributed by atoms with van der Waals surface area (Å²) in [4.78, 5) is 4.09. The van der Waals surface area contributed by atoms with Crippen molar-refractivity contribution in [1.29, 1.82) is 0 Å². The minimum atomic E-state index is 0.502. The number of aromatic nitrogens is 1. The second-order valence-corrected chi connectivity index (χ2v) is 4.17. The van der Waals surface area contributed by atoms with E-state index in [9.17, 15) is 0 Å². The van der Waals surface area contributed by atoms with Crippen LogP contribution in [-0.2, 0) is 5.75 Å². The molecule has 0 aliphatic heterocycles. The SMILES string of the molecule is CCCOc1cc(CSC)cc(Cl)n1. The number of hydrogen-bond donors (Lipinski definition) is 0. The highest BCUT2D eigenvalue weighted by molar-refractivity contribution is 7.97. The van der Waals surface area contributed by atoms with E-state index in [4.69, 9.17) is 16.3 Å². The Labute approximate surface area is 94.0 Å². The van der Waals surface area contributed by atoms with Gasteiger partial charge in [-0.2, -0.15) is 11.8 Å². The minimum absolute atomic E-state index is 0.502. The molecule has 0 atom stereocenters. The Morgan fingerprint density at radius 2 is 2.29 bits per heavy atom. The van der Waals surface area contributed by atoms with Gasteiger partial charge in [-0.25, -0.2) is 4.98 Å². The number of ether oxygens (including phenoxy) is 1. The van der Waals surface area contributed by atoms with Crippen LogP contribution in [0, 0.1) is 0 Å². The second-order valence-electron chi connectivity index (χ2n) is 2.92. The first kappa shape index (κ1) is 11.7. The number of halogens is 1. The van der Waals surface area contributed by atoms with Gasteiger partial charge in [0.1, 0.15) is 5.15 Å². The molecule has 0 amide bonds. The maximum atomic E-state index is 5.86. The largest absolute Gasteiger partial charge is 0.478 e. The average molecular weight is 232 g/mol. The van der Waals surface area contributed by atoms with Gasteiger partial charge in [0.05, 0.1) is 6.61 Å². The molecule has 0 saturated heterocycles. The van der Waals surface area contributed by atoms with Crippen LogP contribution >= 0.6 is 23.4 Å². The third-order valence-electron chi connectivity index (χ3n) is 1.60. The van der Waals surface area contributed by atoms with Gasteiger partial charge in [-0.05, 0) is 24.3 Å². The van der Waals surface area contributed by atoms with Crippen LogP contribution in [0.25, 0.3) is 0 Å². The number of nitrogens with zero attached hydrogens (tertiary/aromatic N) is 1. The molecule has 0 N–H and O–H groups in total. The fourth-order valence-corrected chi connectivity index (χ4v) is 1.78. The molecule has 78 valence electrons. The molecule has 0 spiro atoms. The van der Waals surface area contributed by atoms with Crippen molar-refractivity contribution >= 4 is 23.4 Å². The van der Waals surface area contributed by atoms with E-state index in [0.29, 0.717) is 17.6 Å². The lowest BCUT2D eigenvalue weighted by Crippen LogP contribution is -1.98. The Balaban J connectivity index is 2.73. The van der Waals surface area contributed by atoms with E-state index in [0.717, 1.165) is 17.7 Å². The summed E-state index contributed by atoms with van der Waals surface area (Å²) in [7, 11) is 0. The van der Waals surface area contributed by atoms with E-state index >= 15 is 0 Å². The highest BCUT2D eigenvalue weighted by Gasteiger charge is 2.01. The Hall–Kier alpha value is -0.410. The van der Waals surface area contributed by atoms with Gasteiger partial charge in [-0.15, -0.1) is 0 Å². The molecule has 0 radical (unpaired) electrons. The fourth-order valence-electron chi connectivity index (χ4n) is 1.05. The lowest BCUT2D eigenvalue weighted by Gasteiger charge is -2.06. The summed E-state index contributed by atoms with van der Waals surface area (Å²) in [6.45, 7) is 2.75. The first-order chi connectivity index (χ1) is 6.76. The summed E-state index contributed by atoms with van der Waals surface area (Å²) >= 11 is 7.62. The van der Waals surface area contributed by atoms with Gasteiger partial charge in [-0.1, -0.05) is 18.5 Å². The molecular formula is C10H14ClNOS. The maximum absolute atomic E-state index is 5.86. The monoisotopic (exact) mass is 231 g/mol. The molecule has 0 aliphatic rings. The smallest absolute Gasteiger partial charge is 0.214 e. The molecule has 1 aromatic heterocycles. The number of hydrogen-bond acceptors (Lipinski definition) is 3. The summed E-state index contributed by atoms with van der Waals surface area (Å²) in [5.41, 5.74) is 1.16. The highest BCUT2D eigenvalue weighted by Crippen LogP contribution is 2.19. The summed E-state index contributed by atoms with van der Waals surface area (Å²) in [6, 6.07) is 3.81. The zero-order chi connectivity index (χ0) is 10.4. The molecule has 0 unspecified atom stereocenters. The third kappa shape index (κ3) is 3.76. The molecule has 4 heteroatoms. The number of pyridine rings is 1. The first-order valence-electron chi connectivity index (χ1n) is 4.54. The first-order valence-corrected chi connectivity index (χ1v) is 6.31. The van der Waals surface area contributed by atoms with Gasteiger partial charge in [-0.3, -0.25) is 0 Å². The topological polar surface area (TPSA) is 22.1 Å². The number of rotatable bonds is 5. The predicted molar refractivity (Wildman–Crippen MR) is 62.3 cm³/mol. The average Bonchev–Trinajstić information content (AvgIpc) is 2.14. The van der Waals surface area contributed by atoms with E-state index in [1.807, 2.05) is 12.1 Å². The Morgan fingerprint density at radius 3 is 2.93 bits per heavy atom. The number of thioether (sulfide) groups is 1. The molecule has 14 heavy (non-hydrogen) atoms. The quantitative estimate of drug-likeness (QED) is 0.726. The summed E-state index contributed by atoms with van der Waals surface area (Å²) < 4.78 is 5.42. The molecule has 0 aromatic carbocycles. The normalized spacial score (nSPS) is 10.2. The Morgan fingerprint density at radius 1 is 1.50 bits per heavy atom. The van der Waals surface area contributed by atoms with Crippen LogP contribution in [0.5, 0.6) is 5.88 Å². The van der Waals surface area contributed by atoms with E-state index in [1.54, 1.807) is 11.8 Å². The van der Waals surface area contributed by atoms with Crippen molar-refractivity contribution in [3.05, 3.63) is 22.8 Å². The van der Waals surface area contributed by atoms with Crippen LogP contribution in [0.1, 0.15) is 18.9 Å². The van der Waals surface area contributed by atoms with Crippen LogP contribution in [0.4, 0.5) is 0 Å². The molecular weight excluding hydrogens is 218 g/mol. The maximum Gasteiger partial charge on any atom is 0.214 e. The molecule has 0 aliphatic carbocycles.